The second kappa shape index (κ2) is 7.75. The molecule has 7 heteroatoms. The number of fused-ring (bicyclic) bond motifs is 1. The molecule has 0 radical (unpaired) electrons. The SMILES string of the molecule is COc1ccc(C)cc1NC(=O)CN1C(=O)N[C@@](C)(c2ccc3ccccc3c2)C1=O. The third-order valence-corrected chi connectivity index (χ3v) is 5.53. The number of aryl methyl sites for hydroxylation is 1. The molecule has 0 saturated carbocycles. The van der Waals surface area contributed by atoms with Gasteiger partial charge in [-0.15, -0.1) is 0 Å². The Bertz CT molecular complexity index is 1210. The fourth-order valence-electron chi connectivity index (χ4n) is 3.79. The topological polar surface area (TPSA) is 87.7 Å². The highest BCUT2D eigenvalue weighted by molar-refractivity contribution is 6.10. The molecule has 31 heavy (non-hydrogen) atoms. The van der Waals surface area contributed by atoms with Gasteiger partial charge in [0, 0.05) is 0 Å². The summed E-state index contributed by atoms with van der Waals surface area (Å²) in [6.07, 6.45) is 0. The van der Waals surface area contributed by atoms with Crippen molar-refractivity contribution >= 4 is 34.3 Å². The zero-order chi connectivity index (χ0) is 22.2. The fraction of sp³-hybridized carbons (Fsp3) is 0.208. The van der Waals surface area contributed by atoms with Gasteiger partial charge in [0.05, 0.1) is 12.8 Å². The molecule has 158 valence electrons. The predicted octanol–water partition coefficient (Wildman–Crippen LogP) is 3.56. The van der Waals surface area contributed by atoms with Crippen molar-refractivity contribution < 1.29 is 19.1 Å². The molecule has 4 rings (SSSR count). The van der Waals surface area contributed by atoms with Gasteiger partial charge in [0.2, 0.25) is 5.91 Å². The van der Waals surface area contributed by atoms with Crippen LogP contribution in [0.5, 0.6) is 5.75 Å². The molecule has 1 fully saturated rings. The monoisotopic (exact) mass is 417 g/mol. The number of ether oxygens (including phenoxy) is 1. The van der Waals surface area contributed by atoms with Crippen molar-refractivity contribution in [3.63, 3.8) is 0 Å². The number of carbonyl (C=O) groups excluding carboxylic acids is 3. The van der Waals surface area contributed by atoms with E-state index in [4.69, 9.17) is 4.74 Å². The molecule has 3 aromatic rings. The van der Waals surface area contributed by atoms with E-state index in [1.807, 2.05) is 55.5 Å². The van der Waals surface area contributed by atoms with Crippen molar-refractivity contribution in [2.24, 2.45) is 0 Å². The van der Waals surface area contributed by atoms with Gasteiger partial charge >= 0.3 is 6.03 Å². The number of anilines is 1. The van der Waals surface area contributed by atoms with E-state index in [0.29, 0.717) is 17.0 Å². The molecule has 7 nitrogen and oxygen atoms in total. The lowest BCUT2D eigenvalue weighted by Gasteiger charge is -2.22. The number of imide groups is 1. The van der Waals surface area contributed by atoms with Crippen LogP contribution in [0.2, 0.25) is 0 Å². The Morgan fingerprint density at radius 3 is 2.55 bits per heavy atom. The highest BCUT2D eigenvalue weighted by Gasteiger charge is 2.49. The number of methoxy groups -OCH3 is 1. The lowest BCUT2D eigenvalue weighted by molar-refractivity contribution is -0.133. The van der Waals surface area contributed by atoms with Gasteiger partial charge in [-0.1, -0.05) is 42.5 Å². The molecule has 0 bridgehead atoms. The van der Waals surface area contributed by atoms with E-state index in [1.54, 1.807) is 19.1 Å². The predicted molar refractivity (Wildman–Crippen MR) is 118 cm³/mol. The Hall–Kier alpha value is -3.87. The maximum Gasteiger partial charge on any atom is 0.325 e. The first-order chi connectivity index (χ1) is 14.8. The number of nitrogens with zero attached hydrogens (tertiary/aromatic N) is 1. The second-order valence-corrected chi connectivity index (χ2v) is 7.76. The molecule has 0 aromatic heterocycles. The Balaban J connectivity index is 1.55. The summed E-state index contributed by atoms with van der Waals surface area (Å²) in [5, 5.41) is 7.47. The van der Waals surface area contributed by atoms with Crippen LogP contribution in [-0.2, 0) is 15.1 Å². The first kappa shape index (κ1) is 20.4. The molecule has 0 aliphatic carbocycles. The van der Waals surface area contributed by atoms with Crippen molar-refractivity contribution in [3.05, 3.63) is 71.8 Å². The maximum atomic E-state index is 13.2. The summed E-state index contributed by atoms with van der Waals surface area (Å²) in [7, 11) is 1.51. The normalized spacial score (nSPS) is 18.2. The van der Waals surface area contributed by atoms with E-state index in [9.17, 15) is 14.4 Å². The zero-order valence-corrected chi connectivity index (χ0v) is 17.6. The number of urea groups is 1. The number of rotatable bonds is 5. The molecule has 1 aliphatic heterocycles. The Labute approximate surface area is 180 Å². The first-order valence-corrected chi connectivity index (χ1v) is 9.90. The molecule has 2 N–H and O–H groups in total. The fourth-order valence-corrected chi connectivity index (χ4v) is 3.79. The molecule has 0 unspecified atom stereocenters. The lowest BCUT2D eigenvalue weighted by atomic mass is 9.90. The van der Waals surface area contributed by atoms with Crippen LogP contribution in [0.4, 0.5) is 10.5 Å². The van der Waals surface area contributed by atoms with Crippen LogP contribution in [0.1, 0.15) is 18.1 Å². The molecule has 4 amide bonds. The van der Waals surface area contributed by atoms with Crippen LogP contribution in [0, 0.1) is 6.92 Å². The summed E-state index contributed by atoms with van der Waals surface area (Å²) in [6.45, 7) is 3.14. The van der Waals surface area contributed by atoms with Gasteiger partial charge in [0.1, 0.15) is 17.8 Å². The third kappa shape index (κ3) is 3.70. The Morgan fingerprint density at radius 2 is 1.81 bits per heavy atom. The van der Waals surface area contributed by atoms with Crippen molar-refractivity contribution in [1.29, 1.82) is 0 Å². The van der Waals surface area contributed by atoms with Gasteiger partial charge in [0.25, 0.3) is 5.91 Å². The van der Waals surface area contributed by atoms with E-state index in [-0.39, 0.29) is 0 Å². The number of nitrogens with one attached hydrogen (secondary N) is 2. The van der Waals surface area contributed by atoms with Crippen molar-refractivity contribution in [2.75, 3.05) is 19.0 Å². The number of benzene rings is 3. The van der Waals surface area contributed by atoms with E-state index in [2.05, 4.69) is 10.6 Å². The minimum atomic E-state index is -1.25. The van der Waals surface area contributed by atoms with Crippen LogP contribution >= 0.6 is 0 Å². The maximum absolute atomic E-state index is 13.2. The van der Waals surface area contributed by atoms with Crippen LogP contribution < -0.4 is 15.4 Å². The largest absolute Gasteiger partial charge is 0.495 e. The minimum absolute atomic E-state index is 0.398. The molecular weight excluding hydrogens is 394 g/mol. The van der Waals surface area contributed by atoms with Gasteiger partial charge in [-0.2, -0.15) is 0 Å². The van der Waals surface area contributed by atoms with Crippen LogP contribution in [-0.4, -0.2) is 36.4 Å². The molecule has 1 saturated heterocycles. The lowest BCUT2D eigenvalue weighted by Crippen LogP contribution is -2.42. The second-order valence-electron chi connectivity index (χ2n) is 7.76. The third-order valence-electron chi connectivity index (χ3n) is 5.53. The highest BCUT2D eigenvalue weighted by Crippen LogP contribution is 2.31. The number of hydrogen-bond donors (Lipinski definition) is 2. The number of carbonyl (C=O) groups is 3. The van der Waals surface area contributed by atoms with Crippen molar-refractivity contribution in [2.45, 2.75) is 19.4 Å². The van der Waals surface area contributed by atoms with E-state index in [1.165, 1.54) is 7.11 Å². The average molecular weight is 417 g/mol. The average Bonchev–Trinajstić information content (AvgIpc) is 2.97. The van der Waals surface area contributed by atoms with Crippen LogP contribution in [0.15, 0.2) is 60.7 Å². The van der Waals surface area contributed by atoms with Gasteiger partial charge in [-0.25, -0.2) is 4.79 Å². The molecule has 1 aliphatic rings. The molecular formula is C24H23N3O4. The summed E-state index contributed by atoms with van der Waals surface area (Å²) < 4.78 is 5.26. The summed E-state index contributed by atoms with van der Waals surface area (Å²) in [4.78, 5) is 39.3. The van der Waals surface area contributed by atoms with Crippen LogP contribution in [0.25, 0.3) is 10.8 Å². The van der Waals surface area contributed by atoms with Crippen molar-refractivity contribution in [3.8, 4) is 5.75 Å². The van der Waals surface area contributed by atoms with Gasteiger partial charge in [0.15, 0.2) is 0 Å². The van der Waals surface area contributed by atoms with E-state index in [0.717, 1.165) is 21.2 Å². The Kier molecular flexibility index (Phi) is 5.10. The highest BCUT2D eigenvalue weighted by atomic mass is 16.5. The minimum Gasteiger partial charge on any atom is -0.495 e. The summed E-state index contributed by atoms with van der Waals surface area (Å²) >= 11 is 0. The van der Waals surface area contributed by atoms with Crippen LogP contribution in [0.3, 0.4) is 0 Å². The van der Waals surface area contributed by atoms with Gasteiger partial charge < -0.3 is 15.4 Å². The molecule has 1 heterocycles. The smallest absolute Gasteiger partial charge is 0.325 e. The summed E-state index contributed by atoms with van der Waals surface area (Å²) in [5.41, 5.74) is 0.835. The summed E-state index contributed by atoms with van der Waals surface area (Å²) in [5.74, 6) is -0.466. The van der Waals surface area contributed by atoms with Gasteiger partial charge in [-0.05, 0) is 53.9 Å². The van der Waals surface area contributed by atoms with E-state index >= 15 is 0 Å². The quantitative estimate of drug-likeness (QED) is 0.622. The van der Waals surface area contributed by atoms with Crippen molar-refractivity contribution in [1.82, 2.24) is 10.2 Å². The van der Waals surface area contributed by atoms with E-state index < -0.39 is 29.9 Å². The molecule has 1 atom stereocenters. The first-order valence-electron chi connectivity index (χ1n) is 9.90. The zero-order valence-electron chi connectivity index (χ0n) is 17.6. The number of hydrogen-bond acceptors (Lipinski definition) is 4. The van der Waals surface area contributed by atoms with Gasteiger partial charge in [-0.3, -0.25) is 14.5 Å². The standard InChI is InChI=1S/C24H23N3O4/c1-15-8-11-20(31-3)19(12-15)25-21(28)14-27-22(29)24(2,26-23(27)30)18-10-9-16-6-4-5-7-17(16)13-18/h4-13H,14H2,1-3H3,(H,25,28)(H,26,30)/t24-/m0/s1. The molecule has 0 spiro atoms. The number of amides is 4. The molecule has 3 aromatic carbocycles. The Morgan fingerprint density at radius 1 is 1.06 bits per heavy atom. The summed E-state index contributed by atoms with van der Waals surface area (Å²) in [6, 6.07) is 18.2.